The Labute approximate surface area is 115 Å². The first kappa shape index (κ1) is 12.0. The molecule has 0 N–H and O–H groups in total. The maximum absolute atomic E-state index is 6.41. The number of ether oxygens (including phenoxy) is 2. The van der Waals surface area contributed by atoms with Gasteiger partial charge >= 0.3 is 0 Å². The highest BCUT2D eigenvalue weighted by Gasteiger charge is 2.18. The van der Waals surface area contributed by atoms with E-state index in [1.807, 2.05) is 6.07 Å². The highest BCUT2D eigenvalue weighted by atomic mass is 35.5. The van der Waals surface area contributed by atoms with Crippen LogP contribution in [0.15, 0.2) is 12.1 Å². The van der Waals surface area contributed by atoms with Crippen LogP contribution in [0.4, 0.5) is 0 Å². The molecule has 2 heterocycles. The van der Waals surface area contributed by atoms with Gasteiger partial charge < -0.3 is 9.47 Å². The van der Waals surface area contributed by atoms with Crippen LogP contribution < -0.4 is 4.74 Å². The van der Waals surface area contributed by atoms with Crippen LogP contribution in [0.3, 0.4) is 0 Å². The molecular weight excluding hydrogens is 273 g/mol. The topological polar surface area (TPSA) is 31.4 Å². The Hall–Kier alpha value is -1.03. The number of fused-ring (bicyclic) bond motifs is 2. The largest absolute Gasteiger partial charge is 0.495 e. The molecule has 0 amide bonds. The third kappa shape index (κ3) is 1.83. The molecule has 0 unspecified atom stereocenters. The third-order valence-electron chi connectivity index (χ3n) is 3.10. The predicted molar refractivity (Wildman–Crippen MR) is 71.7 cm³/mol. The minimum Gasteiger partial charge on any atom is -0.495 e. The number of pyridine rings is 1. The summed E-state index contributed by atoms with van der Waals surface area (Å²) in [5.74, 6) is 0.611. The number of aromatic nitrogens is 1. The van der Waals surface area contributed by atoms with Gasteiger partial charge in [-0.3, -0.25) is 4.98 Å². The molecule has 0 aliphatic carbocycles. The number of rotatable bonds is 1. The van der Waals surface area contributed by atoms with E-state index < -0.39 is 0 Å². The maximum Gasteiger partial charge on any atom is 0.139 e. The van der Waals surface area contributed by atoms with Gasteiger partial charge in [0, 0.05) is 23.4 Å². The number of hydrogen-bond donors (Lipinski definition) is 0. The maximum atomic E-state index is 6.41. The minimum atomic E-state index is 0.515. The fourth-order valence-corrected chi connectivity index (χ4v) is 2.72. The number of methoxy groups -OCH3 is 1. The lowest BCUT2D eigenvalue weighted by Gasteiger charge is -2.18. The van der Waals surface area contributed by atoms with Crippen molar-refractivity contribution in [2.45, 2.75) is 13.0 Å². The van der Waals surface area contributed by atoms with E-state index in [-0.39, 0.29) is 0 Å². The molecule has 1 aliphatic rings. The van der Waals surface area contributed by atoms with E-state index in [1.165, 1.54) is 0 Å². The van der Waals surface area contributed by atoms with Gasteiger partial charge in [0.1, 0.15) is 5.75 Å². The Morgan fingerprint density at radius 3 is 2.94 bits per heavy atom. The van der Waals surface area contributed by atoms with Gasteiger partial charge in [-0.1, -0.05) is 23.2 Å². The molecular formula is C13H11Cl2NO2. The molecule has 3 rings (SSSR count). The number of hydrogen-bond acceptors (Lipinski definition) is 3. The molecule has 1 aromatic heterocycles. The van der Waals surface area contributed by atoms with Crippen LogP contribution in [0, 0.1) is 0 Å². The number of benzene rings is 1. The molecule has 0 saturated carbocycles. The summed E-state index contributed by atoms with van der Waals surface area (Å²) >= 11 is 12.5. The molecule has 5 heteroatoms. The van der Waals surface area contributed by atoms with Crippen molar-refractivity contribution in [3.8, 4) is 5.75 Å². The van der Waals surface area contributed by atoms with E-state index in [2.05, 4.69) is 4.98 Å². The van der Waals surface area contributed by atoms with Gasteiger partial charge in [-0.25, -0.2) is 0 Å². The van der Waals surface area contributed by atoms with Crippen molar-refractivity contribution in [1.29, 1.82) is 0 Å². The molecule has 1 aliphatic heterocycles. The van der Waals surface area contributed by atoms with Gasteiger partial charge in [-0.05, 0) is 6.07 Å². The summed E-state index contributed by atoms with van der Waals surface area (Å²) in [6, 6.07) is 3.61. The second-order valence-electron chi connectivity index (χ2n) is 4.16. The fourth-order valence-electron chi connectivity index (χ4n) is 2.17. The third-order valence-corrected chi connectivity index (χ3v) is 3.83. The van der Waals surface area contributed by atoms with Gasteiger partial charge in [0.05, 0.1) is 41.6 Å². The number of nitrogens with zero attached hydrogens (tertiary/aromatic N) is 1. The molecule has 94 valence electrons. The van der Waals surface area contributed by atoms with E-state index in [0.717, 1.165) is 28.6 Å². The fraction of sp³-hybridized carbons (Fsp3) is 0.308. The Kier molecular flexibility index (Phi) is 3.06. The van der Waals surface area contributed by atoms with Gasteiger partial charge in [0.25, 0.3) is 0 Å². The Bertz CT molecular complexity index is 628. The summed E-state index contributed by atoms with van der Waals surface area (Å²) < 4.78 is 10.6. The normalized spacial score (nSPS) is 14.6. The van der Waals surface area contributed by atoms with Crippen LogP contribution in [-0.2, 0) is 17.8 Å². The molecule has 0 atom stereocenters. The molecule has 0 bridgehead atoms. The van der Waals surface area contributed by atoms with Gasteiger partial charge in [0.2, 0.25) is 0 Å². The first-order valence-corrected chi connectivity index (χ1v) is 6.38. The second-order valence-corrected chi connectivity index (χ2v) is 4.94. The van der Waals surface area contributed by atoms with Gasteiger partial charge in [0.15, 0.2) is 0 Å². The van der Waals surface area contributed by atoms with E-state index in [9.17, 15) is 0 Å². The van der Waals surface area contributed by atoms with Crippen molar-refractivity contribution < 1.29 is 9.47 Å². The standard InChI is InChI=1S/C13H11Cl2NO2/c1-17-12-5-11-7(4-9(12)14)13(15)8-6-18-3-2-10(8)16-11/h4-5H,2-3,6H2,1H3. The van der Waals surface area contributed by atoms with Crippen LogP contribution in [0.25, 0.3) is 10.9 Å². The summed E-state index contributed by atoms with van der Waals surface area (Å²) in [5, 5.41) is 2.05. The first-order valence-electron chi connectivity index (χ1n) is 5.63. The van der Waals surface area contributed by atoms with E-state index in [1.54, 1.807) is 13.2 Å². The molecule has 1 aromatic carbocycles. The zero-order valence-corrected chi connectivity index (χ0v) is 11.3. The summed E-state index contributed by atoms with van der Waals surface area (Å²) in [7, 11) is 1.58. The van der Waals surface area contributed by atoms with Crippen LogP contribution in [0.2, 0.25) is 10.0 Å². The summed E-state index contributed by atoms with van der Waals surface area (Å²) in [6.07, 6.45) is 0.788. The number of halogens is 2. The van der Waals surface area contributed by atoms with Crippen molar-refractivity contribution in [1.82, 2.24) is 4.98 Å². The molecule has 18 heavy (non-hydrogen) atoms. The lowest BCUT2D eigenvalue weighted by molar-refractivity contribution is 0.109. The lowest BCUT2D eigenvalue weighted by atomic mass is 10.1. The molecule has 0 radical (unpaired) electrons. The smallest absolute Gasteiger partial charge is 0.139 e. The zero-order valence-electron chi connectivity index (χ0n) is 9.80. The first-order chi connectivity index (χ1) is 8.70. The average molecular weight is 284 g/mol. The molecule has 2 aromatic rings. The van der Waals surface area contributed by atoms with Gasteiger partial charge in [-0.15, -0.1) is 0 Å². The second kappa shape index (κ2) is 4.57. The van der Waals surface area contributed by atoms with Crippen molar-refractivity contribution >= 4 is 34.1 Å². The van der Waals surface area contributed by atoms with E-state index in [4.69, 9.17) is 32.7 Å². The minimum absolute atomic E-state index is 0.515. The quantitative estimate of drug-likeness (QED) is 0.801. The van der Waals surface area contributed by atoms with Crippen molar-refractivity contribution in [3.63, 3.8) is 0 Å². The van der Waals surface area contributed by atoms with Crippen LogP contribution in [0.5, 0.6) is 5.75 Å². The molecule has 0 spiro atoms. The molecule has 3 nitrogen and oxygen atoms in total. The predicted octanol–water partition coefficient (Wildman–Crippen LogP) is 3.62. The molecule has 0 saturated heterocycles. The van der Waals surface area contributed by atoms with Crippen molar-refractivity contribution in [2.24, 2.45) is 0 Å². The summed E-state index contributed by atoms with van der Waals surface area (Å²) in [5.41, 5.74) is 2.78. The summed E-state index contributed by atoms with van der Waals surface area (Å²) in [4.78, 5) is 4.62. The van der Waals surface area contributed by atoms with E-state index >= 15 is 0 Å². The Morgan fingerprint density at radius 1 is 1.33 bits per heavy atom. The average Bonchev–Trinajstić information content (AvgIpc) is 2.39. The molecule has 0 fully saturated rings. The van der Waals surface area contributed by atoms with Crippen LogP contribution in [-0.4, -0.2) is 18.7 Å². The van der Waals surface area contributed by atoms with Crippen LogP contribution >= 0.6 is 23.2 Å². The summed E-state index contributed by atoms with van der Waals surface area (Å²) in [6.45, 7) is 1.20. The Morgan fingerprint density at radius 2 is 2.17 bits per heavy atom. The van der Waals surface area contributed by atoms with Crippen molar-refractivity contribution in [3.05, 3.63) is 33.4 Å². The lowest BCUT2D eigenvalue weighted by Crippen LogP contribution is -2.12. The zero-order chi connectivity index (χ0) is 12.7. The van der Waals surface area contributed by atoms with E-state index in [0.29, 0.717) is 29.0 Å². The highest BCUT2D eigenvalue weighted by Crippen LogP contribution is 2.36. The van der Waals surface area contributed by atoms with Crippen molar-refractivity contribution in [2.75, 3.05) is 13.7 Å². The Balaban J connectivity index is 2.31. The SMILES string of the molecule is COc1cc2nc3c(c(Cl)c2cc1Cl)COCC3. The monoisotopic (exact) mass is 283 g/mol. The van der Waals surface area contributed by atoms with Crippen LogP contribution in [0.1, 0.15) is 11.3 Å². The highest BCUT2D eigenvalue weighted by molar-refractivity contribution is 6.38. The van der Waals surface area contributed by atoms with Gasteiger partial charge in [-0.2, -0.15) is 0 Å².